The molecule has 3 heterocycles. The lowest BCUT2D eigenvalue weighted by atomic mass is 10.2. The summed E-state index contributed by atoms with van der Waals surface area (Å²) in [6.07, 6.45) is 7.30. The fourth-order valence-corrected chi connectivity index (χ4v) is 3.37. The van der Waals surface area contributed by atoms with E-state index in [1.807, 2.05) is 54.3 Å². The van der Waals surface area contributed by atoms with Gasteiger partial charge in [0.15, 0.2) is 5.69 Å². The Morgan fingerprint density at radius 3 is 2.59 bits per heavy atom. The maximum Gasteiger partial charge on any atom is 0.222 e. The zero-order valence-corrected chi connectivity index (χ0v) is 15.2. The molecule has 1 aromatic carbocycles. The molecule has 0 bridgehead atoms. The lowest BCUT2D eigenvalue weighted by Crippen LogP contribution is -2.09. The van der Waals surface area contributed by atoms with E-state index < -0.39 is 0 Å². The highest BCUT2D eigenvalue weighted by Gasteiger charge is 2.05. The number of anilines is 1. The van der Waals surface area contributed by atoms with E-state index in [4.69, 9.17) is 6.57 Å². The Morgan fingerprint density at radius 1 is 1.07 bits per heavy atom. The Labute approximate surface area is 161 Å². The second-order valence-corrected chi connectivity index (χ2v) is 6.87. The van der Waals surface area contributed by atoms with E-state index in [0.29, 0.717) is 24.7 Å². The van der Waals surface area contributed by atoms with Crippen molar-refractivity contribution in [3.05, 3.63) is 89.4 Å². The molecule has 0 aliphatic heterocycles. The predicted molar refractivity (Wildman–Crippen MR) is 107 cm³/mol. The Balaban J connectivity index is 1.40. The number of thiophene rings is 1. The number of imidazole rings is 1. The van der Waals surface area contributed by atoms with E-state index in [2.05, 4.69) is 35.7 Å². The smallest absolute Gasteiger partial charge is 0.222 e. The summed E-state index contributed by atoms with van der Waals surface area (Å²) in [6.45, 7) is 8.31. The van der Waals surface area contributed by atoms with E-state index in [1.165, 1.54) is 0 Å². The van der Waals surface area contributed by atoms with Crippen LogP contribution in [0.25, 0.3) is 15.3 Å². The minimum atomic E-state index is 0.582. The van der Waals surface area contributed by atoms with Gasteiger partial charge in [0, 0.05) is 35.6 Å². The molecule has 4 rings (SSSR count). The third-order valence-corrected chi connectivity index (χ3v) is 5.02. The number of hydrogen-bond donors (Lipinski definition) is 1. The second kappa shape index (κ2) is 7.81. The maximum absolute atomic E-state index is 7.03. The minimum absolute atomic E-state index is 0.582. The van der Waals surface area contributed by atoms with Crippen LogP contribution in [0.15, 0.2) is 66.7 Å². The average Bonchev–Trinajstić information content (AvgIpc) is 3.40. The first-order chi connectivity index (χ1) is 13.3. The van der Waals surface area contributed by atoms with Crippen LogP contribution in [0.1, 0.15) is 11.3 Å². The average molecular weight is 372 g/mol. The third-order valence-electron chi connectivity index (χ3n) is 4.10. The molecule has 6 nitrogen and oxygen atoms in total. The third kappa shape index (κ3) is 4.02. The summed E-state index contributed by atoms with van der Waals surface area (Å²) in [5.74, 6) is 0.587. The van der Waals surface area contributed by atoms with E-state index in [-0.39, 0.29) is 0 Å². The van der Waals surface area contributed by atoms with Crippen molar-refractivity contribution in [1.29, 1.82) is 0 Å². The molecule has 0 saturated heterocycles. The van der Waals surface area contributed by atoms with Crippen LogP contribution in [0.3, 0.4) is 0 Å². The number of nitrogens with zero attached hydrogens (tertiary/aromatic N) is 5. The summed E-state index contributed by atoms with van der Waals surface area (Å²) >= 11 is 1.67. The van der Waals surface area contributed by atoms with Gasteiger partial charge >= 0.3 is 0 Å². The highest BCUT2D eigenvalue weighted by atomic mass is 32.1. The van der Waals surface area contributed by atoms with Gasteiger partial charge in [0.2, 0.25) is 5.95 Å². The lowest BCUT2D eigenvalue weighted by Gasteiger charge is -2.10. The fraction of sp³-hybridized carbons (Fsp3) is 0.100. The zero-order chi connectivity index (χ0) is 18.5. The van der Waals surface area contributed by atoms with Crippen LogP contribution < -0.4 is 5.32 Å². The Kier molecular flexibility index (Phi) is 4.90. The molecule has 3 aromatic heterocycles. The van der Waals surface area contributed by atoms with E-state index >= 15 is 0 Å². The molecule has 0 spiro atoms. The molecular weight excluding hydrogens is 356 g/mol. The molecule has 0 aliphatic rings. The lowest BCUT2D eigenvalue weighted by molar-refractivity contribution is 0.747. The monoisotopic (exact) mass is 372 g/mol. The van der Waals surface area contributed by atoms with Gasteiger partial charge in [-0.3, -0.25) is 0 Å². The number of nitrogens with one attached hydrogen (secondary N) is 1. The summed E-state index contributed by atoms with van der Waals surface area (Å²) in [5, 5.41) is 5.28. The quantitative estimate of drug-likeness (QED) is 0.502. The normalized spacial score (nSPS) is 10.5. The summed E-state index contributed by atoms with van der Waals surface area (Å²) < 4.78 is 2.07. The largest absolute Gasteiger partial charge is 0.349 e. The van der Waals surface area contributed by atoms with Crippen LogP contribution in [0, 0.1) is 6.57 Å². The molecule has 1 N–H and O–H groups in total. The predicted octanol–water partition coefficient (Wildman–Crippen LogP) is 4.61. The van der Waals surface area contributed by atoms with Crippen molar-refractivity contribution in [3.8, 4) is 10.4 Å². The first kappa shape index (κ1) is 16.9. The zero-order valence-electron chi connectivity index (χ0n) is 14.4. The molecule has 0 aliphatic carbocycles. The van der Waals surface area contributed by atoms with Crippen LogP contribution in [-0.2, 0) is 13.1 Å². The van der Waals surface area contributed by atoms with Gasteiger partial charge in [-0.05, 0) is 17.0 Å². The number of aromatic nitrogens is 4. The topological polar surface area (TPSA) is 60.0 Å². The SMILES string of the molecule is [C-]#[N+]c1ccc(Cn2cncc2CNc2ncc(-c3cccs3)cn2)cc1. The summed E-state index contributed by atoms with van der Waals surface area (Å²) in [7, 11) is 0. The maximum atomic E-state index is 7.03. The molecule has 0 atom stereocenters. The van der Waals surface area contributed by atoms with Crippen LogP contribution in [0.5, 0.6) is 0 Å². The number of benzene rings is 1. The first-order valence-corrected chi connectivity index (χ1v) is 9.25. The van der Waals surface area contributed by atoms with Crippen LogP contribution in [-0.4, -0.2) is 19.5 Å². The Morgan fingerprint density at radius 2 is 1.89 bits per heavy atom. The minimum Gasteiger partial charge on any atom is -0.349 e. The summed E-state index contributed by atoms with van der Waals surface area (Å²) in [4.78, 5) is 17.6. The van der Waals surface area contributed by atoms with Gasteiger partial charge in [0.1, 0.15) is 0 Å². The molecule has 4 aromatic rings. The van der Waals surface area contributed by atoms with Gasteiger partial charge in [0.25, 0.3) is 0 Å². The number of rotatable bonds is 6. The molecule has 7 heteroatoms. The Hall–Kier alpha value is -3.50. The second-order valence-electron chi connectivity index (χ2n) is 5.92. The van der Waals surface area contributed by atoms with E-state index in [9.17, 15) is 0 Å². The van der Waals surface area contributed by atoms with Crippen LogP contribution in [0.2, 0.25) is 0 Å². The van der Waals surface area contributed by atoms with Crippen LogP contribution >= 0.6 is 11.3 Å². The molecule has 0 radical (unpaired) electrons. The highest BCUT2D eigenvalue weighted by Crippen LogP contribution is 2.23. The van der Waals surface area contributed by atoms with Crippen molar-refractivity contribution in [2.75, 3.05) is 5.32 Å². The van der Waals surface area contributed by atoms with E-state index in [1.54, 1.807) is 17.7 Å². The standard InChI is InChI=1S/C20H16N6S/c1-21-17-6-4-15(5-7-17)13-26-14-22-11-18(26)12-25-20-23-9-16(10-24-20)19-3-2-8-27-19/h2-11,14H,12-13H2,(H,23,24,25). The Bertz CT molecular complexity index is 1040. The van der Waals surface area contributed by atoms with Gasteiger partial charge in [0.05, 0.1) is 25.1 Å². The van der Waals surface area contributed by atoms with Crippen molar-refractivity contribution < 1.29 is 0 Å². The molecule has 0 fully saturated rings. The van der Waals surface area contributed by atoms with Crippen molar-refractivity contribution in [2.45, 2.75) is 13.1 Å². The molecule has 0 unspecified atom stereocenters. The van der Waals surface area contributed by atoms with Crippen molar-refractivity contribution >= 4 is 23.0 Å². The molecule has 27 heavy (non-hydrogen) atoms. The van der Waals surface area contributed by atoms with Crippen molar-refractivity contribution in [3.63, 3.8) is 0 Å². The van der Waals surface area contributed by atoms with Crippen molar-refractivity contribution in [1.82, 2.24) is 19.5 Å². The van der Waals surface area contributed by atoms with Gasteiger partial charge in [-0.1, -0.05) is 30.3 Å². The molecule has 132 valence electrons. The highest BCUT2D eigenvalue weighted by molar-refractivity contribution is 7.13. The van der Waals surface area contributed by atoms with Gasteiger partial charge in [-0.25, -0.2) is 19.8 Å². The van der Waals surface area contributed by atoms with Gasteiger partial charge in [-0.15, -0.1) is 11.3 Å². The van der Waals surface area contributed by atoms with Gasteiger partial charge < -0.3 is 9.88 Å². The van der Waals surface area contributed by atoms with Crippen LogP contribution in [0.4, 0.5) is 11.6 Å². The summed E-state index contributed by atoms with van der Waals surface area (Å²) in [6, 6.07) is 11.7. The molecular formula is C20H16N6S. The summed E-state index contributed by atoms with van der Waals surface area (Å²) in [5.41, 5.74) is 3.83. The molecule has 0 saturated carbocycles. The van der Waals surface area contributed by atoms with Crippen molar-refractivity contribution in [2.24, 2.45) is 0 Å². The number of hydrogen-bond acceptors (Lipinski definition) is 5. The van der Waals surface area contributed by atoms with E-state index in [0.717, 1.165) is 21.7 Å². The fourth-order valence-electron chi connectivity index (χ4n) is 2.67. The molecule has 0 amide bonds. The van der Waals surface area contributed by atoms with Gasteiger partial charge in [-0.2, -0.15) is 0 Å². The first-order valence-electron chi connectivity index (χ1n) is 8.37.